The van der Waals surface area contributed by atoms with E-state index in [0.717, 1.165) is 30.0 Å². The van der Waals surface area contributed by atoms with Gasteiger partial charge in [0.05, 0.1) is 13.2 Å². The highest BCUT2D eigenvalue weighted by Crippen LogP contribution is 2.36. The van der Waals surface area contributed by atoms with Crippen LogP contribution in [0.25, 0.3) is 0 Å². The minimum atomic E-state index is 0.240. The Morgan fingerprint density at radius 2 is 1.96 bits per heavy atom. The van der Waals surface area contributed by atoms with Crippen molar-refractivity contribution in [1.29, 1.82) is 0 Å². The van der Waals surface area contributed by atoms with Crippen molar-refractivity contribution in [3.05, 3.63) is 70.8 Å². The summed E-state index contributed by atoms with van der Waals surface area (Å²) in [5.74, 6) is 1.61. The number of nitrogens with one attached hydrogen (secondary N) is 1. The molecule has 1 aliphatic rings. The Kier molecular flexibility index (Phi) is 5.21. The van der Waals surface area contributed by atoms with Crippen molar-refractivity contribution < 1.29 is 9.47 Å². The van der Waals surface area contributed by atoms with Crippen molar-refractivity contribution in [3.8, 4) is 11.5 Å². The summed E-state index contributed by atoms with van der Waals surface area (Å²) in [6.45, 7) is 5.78. The standard InChI is InChI=1S/C21H25NO2/c1-15(2)11-19-18-13-21(24-14-16-7-5-4-6-8-16)20(23-3)12-17(18)9-10-22-19/h4-8,11-13,19,22H,9-10,14H2,1-3H3. The van der Waals surface area contributed by atoms with Gasteiger partial charge >= 0.3 is 0 Å². The van der Waals surface area contributed by atoms with Crippen molar-refractivity contribution in [3.63, 3.8) is 0 Å². The molecule has 0 aliphatic carbocycles. The third kappa shape index (κ3) is 3.80. The monoisotopic (exact) mass is 323 g/mol. The predicted octanol–water partition coefficient (Wildman–Crippen LogP) is 4.43. The van der Waals surface area contributed by atoms with Gasteiger partial charge in [0.1, 0.15) is 6.61 Å². The van der Waals surface area contributed by atoms with E-state index in [1.807, 2.05) is 18.2 Å². The van der Waals surface area contributed by atoms with E-state index in [9.17, 15) is 0 Å². The molecule has 3 rings (SSSR count). The summed E-state index contributed by atoms with van der Waals surface area (Å²) in [5.41, 5.74) is 5.07. The summed E-state index contributed by atoms with van der Waals surface area (Å²) in [4.78, 5) is 0. The second-order valence-electron chi connectivity index (χ2n) is 6.40. The molecule has 3 heteroatoms. The van der Waals surface area contributed by atoms with Crippen LogP contribution in [0.4, 0.5) is 0 Å². The number of hydrogen-bond acceptors (Lipinski definition) is 3. The maximum absolute atomic E-state index is 6.06. The number of benzene rings is 2. The summed E-state index contributed by atoms with van der Waals surface area (Å²) in [6, 6.07) is 14.7. The molecule has 0 amide bonds. The minimum absolute atomic E-state index is 0.240. The fraction of sp³-hybridized carbons (Fsp3) is 0.333. The lowest BCUT2D eigenvalue weighted by molar-refractivity contribution is 0.283. The Balaban J connectivity index is 1.89. The van der Waals surface area contributed by atoms with E-state index in [2.05, 4.69) is 49.5 Å². The first-order chi connectivity index (χ1) is 11.7. The lowest BCUT2D eigenvalue weighted by atomic mass is 9.92. The van der Waals surface area contributed by atoms with Crippen LogP contribution in [0.3, 0.4) is 0 Å². The summed E-state index contributed by atoms with van der Waals surface area (Å²) in [6.07, 6.45) is 3.28. The average Bonchev–Trinajstić information content (AvgIpc) is 2.60. The van der Waals surface area contributed by atoms with Gasteiger partial charge in [-0.3, -0.25) is 0 Å². The second-order valence-corrected chi connectivity index (χ2v) is 6.40. The minimum Gasteiger partial charge on any atom is -0.493 e. The molecule has 0 bridgehead atoms. The molecule has 1 heterocycles. The summed E-state index contributed by atoms with van der Waals surface area (Å²) in [7, 11) is 1.70. The first-order valence-corrected chi connectivity index (χ1v) is 8.43. The van der Waals surface area contributed by atoms with Crippen LogP contribution in [0.2, 0.25) is 0 Å². The van der Waals surface area contributed by atoms with Crippen molar-refractivity contribution in [2.24, 2.45) is 0 Å². The van der Waals surface area contributed by atoms with Crippen LogP contribution in [-0.2, 0) is 13.0 Å². The lowest BCUT2D eigenvalue weighted by Crippen LogP contribution is -2.28. The van der Waals surface area contributed by atoms with Gasteiger partial charge in [0.2, 0.25) is 0 Å². The molecule has 1 aliphatic heterocycles. The largest absolute Gasteiger partial charge is 0.493 e. The molecule has 0 aromatic heterocycles. The SMILES string of the molecule is COc1cc2c(cc1OCc1ccccc1)C(C=C(C)C)NCC2. The fourth-order valence-corrected chi connectivity index (χ4v) is 3.09. The number of rotatable bonds is 5. The van der Waals surface area contributed by atoms with Crippen LogP contribution in [0.1, 0.15) is 36.6 Å². The highest BCUT2D eigenvalue weighted by molar-refractivity contribution is 5.50. The fourth-order valence-electron chi connectivity index (χ4n) is 3.09. The average molecular weight is 323 g/mol. The second kappa shape index (κ2) is 7.54. The van der Waals surface area contributed by atoms with Gasteiger partial charge in [-0.05, 0) is 49.1 Å². The summed E-state index contributed by atoms with van der Waals surface area (Å²) in [5, 5.41) is 3.57. The molecule has 0 radical (unpaired) electrons. The van der Waals surface area contributed by atoms with Crippen LogP contribution in [0, 0.1) is 0 Å². The molecule has 0 fully saturated rings. The van der Waals surface area contributed by atoms with Crippen LogP contribution in [-0.4, -0.2) is 13.7 Å². The number of hydrogen-bond donors (Lipinski definition) is 1. The normalized spacial score (nSPS) is 16.2. The smallest absolute Gasteiger partial charge is 0.162 e. The predicted molar refractivity (Wildman–Crippen MR) is 97.6 cm³/mol. The maximum atomic E-state index is 6.06. The first kappa shape index (κ1) is 16.6. The Labute approximate surface area is 144 Å². The van der Waals surface area contributed by atoms with Crippen molar-refractivity contribution in [2.45, 2.75) is 32.9 Å². The van der Waals surface area contributed by atoms with Crippen LogP contribution >= 0.6 is 0 Å². The van der Waals surface area contributed by atoms with E-state index in [1.165, 1.54) is 16.7 Å². The van der Waals surface area contributed by atoms with Gasteiger partial charge in [-0.2, -0.15) is 0 Å². The van der Waals surface area contributed by atoms with Crippen molar-refractivity contribution >= 4 is 0 Å². The molecule has 1 atom stereocenters. The van der Waals surface area contributed by atoms with Crippen molar-refractivity contribution in [2.75, 3.05) is 13.7 Å². The van der Waals surface area contributed by atoms with Crippen molar-refractivity contribution in [1.82, 2.24) is 5.32 Å². The quantitative estimate of drug-likeness (QED) is 0.826. The third-order valence-electron chi connectivity index (χ3n) is 4.26. The molecule has 2 aromatic rings. The zero-order chi connectivity index (χ0) is 16.9. The van der Waals surface area contributed by atoms with Gasteiger partial charge in [-0.1, -0.05) is 42.0 Å². The van der Waals surface area contributed by atoms with E-state index in [-0.39, 0.29) is 6.04 Å². The lowest BCUT2D eigenvalue weighted by Gasteiger charge is -2.26. The van der Waals surface area contributed by atoms with Crippen LogP contribution in [0.5, 0.6) is 11.5 Å². The van der Waals surface area contributed by atoms with E-state index in [4.69, 9.17) is 9.47 Å². The molecule has 1 N–H and O–H groups in total. The molecule has 1 unspecified atom stereocenters. The number of fused-ring (bicyclic) bond motifs is 1. The van der Waals surface area contributed by atoms with Crippen LogP contribution < -0.4 is 14.8 Å². The summed E-state index contributed by atoms with van der Waals surface area (Å²) < 4.78 is 11.6. The molecule has 3 nitrogen and oxygen atoms in total. The van der Waals surface area contributed by atoms with Gasteiger partial charge < -0.3 is 14.8 Å². The van der Waals surface area contributed by atoms with E-state index < -0.39 is 0 Å². The maximum Gasteiger partial charge on any atom is 0.162 e. The Hall–Kier alpha value is -2.26. The van der Waals surface area contributed by atoms with Crippen LogP contribution in [0.15, 0.2) is 54.1 Å². The van der Waals surface area contributed by atoms with Gasteiger partial charge in [-0.15, -0.1) is 0 Å². The third-order valence-corrected chi connectivity index (χ3v) is 4.26. The van der Waals surface area contributed by atoms with E-state index in [1.54, 1.807) is 7.11 Å². The van der Waals surface area contributed by atoms with E-state index >= 15 is 0 Å². The molecule has 0 spiro atoms. The Bertz CT molecular complexity index is 718. The molecule has 0 saturated carbocycles. The number of ether oxygens (including phenoxy) is 2. The van der Waals surface area contributed by atoms with E-state index in [0.29, 0.717) is 6.61 Å². The first-order valence-electron chi connectivity index (χ1n) is 8.43. The molecule has 2 aromatic carbocycles. The zero-order valence-corrected chi connectivity index (χ0v) is 14.6. The van der Waals surface area contributed by atoms with Gasteiger partial charge in [0.15, 0.2) is 11.5 Å². The summed E-state index contributed by atoms with van der Waals surface area (Å²) >= 11 is 0. The molecule has 24 heavy (non-hydrogen) atoms. The molecule has 0 saturated heterocycles. The Morgan fingerprint density at radius 1 is 1.17 bits per heavy atom. The van der Waals surface area contributed by atoms with Gasteiger partial charge in [0.25, 0.3) is 0 Å². The Morgan fingerprint density at radius 3 is 2.67 bits per heavy atom. The van der Waals surface area contributed by atoms with Gasteiger partial charge in [0, 0.05) is 6.54 Å². The molecule has 126 valence electrons. The highest BCUT2D eigenvalue weighted by atomic mass is 16.5. The number of methoxy groups -OCH3 is 1. The zero-order valence-electron chi connectivity index (χ0n) is 14.6. The molecular weight excluding hydrogens is 298 g/mol. The topological polar surface area (TPSA) is 30.5 Å². The number of allylic oxidation sites excluding steroid dienone is 1. The molecular formula is C21H25NO2. The van der Waals surface area contributed by atoms with Gasteiger partial charge in [-0.25, -0.2) is 0 Å². The highest BCUT2D eigenvalue weighted by Gasteiger charge is 2.21.